The second-order valence-electron chi connectivity index (χ2n) is 3.68. The largest absolute Gasteiger partial charge is 0.366 e. The van der Waals surface area contributed by atoms with Gasteiger partial charge in [-0.1, -0.05) is 11.6 Å². The molecule has 1 saturated heterocycles. The minimum absolute atomic E-state index is 0.255. The topological polar surface area (TPSA) is 50.4 Å². The van der Waals surface area contributed by atoms with E-state index < -0.39 is 11.9 Å². The van der Waals surface area contributed by atoms with Gasteiger partial charge in [0.05, 0.1) is 17.3 Å². The second kappa shape index (κ2) is 5.44. The third kappa shape index (κ3) is 3.15. The van der Waals surface area contributed by atoms with E-state index in [-0.39, 0.29) is 11.6 Å². The highest BCUT2D eigenvalue weighted by Gasteiger charge is 2.22. The number of hydrogen-bond donors (Lipinski definition) is 2. The lowest BCUT2D eigenvalue weighted by molar-refractivity contribution is -0.128. The van der Waals surface area contributed by atoms with E-state index in [4.69, 9.17) is 16.3 Å². The molecule has 1 fully saturated rings. The number of hydrogen-bond acceptors (Lipinski definition) is 3. The fraction of sp³-hybridized carbons (Fsp3) is 0.364. The molecule has 2 N–H and O–H groups in total. The van der Waals surface area contributed by atoms with Gasteiger partial charge in [-0.15, -0.1) is 0 Å². The Morgan fingerprint density at radius 1 is 1.59 bits per heavy atom. The molecule has 1 heterocycles. The van der Waals surface area contributed by atoms with E-state index in [0.717, 1.165) is 6.54 Å². The first kappa shape index (κ1) is 12.3. The summed E-state index contributed by atoms with van der Waals surface area (Å²) in [6.45, 7) is 1.65. The van der Waals surface area contributed by atoms with Gasteiger partial charge in [0.25, 0.3) is 5.91 Å². The van der Waals surface area contributed by atoms with E-state index in [1.165, 1.54) is 18.2 Å². The fourth-order valence-electron chi connectivity index (χ4n) is 1.54. The Morgan fingerprint density at radius 3 is 3.12 bits per heavy atom. The van der Waals surface area contributed by atoms with Crippen molar-refractivity contribution in [3.63, 3.8) is 0 Å². The van der Waals surface area contributed by atoms with Crippen LogP contribution in [0.1, 0.15) is 0 Å². The molecule has 1 aromatic carbocycles. The minimum Gasteiger partial charge on any atom is -0.366 e. The number of rotatable bonds is 2. The molecule has 4 nitrogen and oxygen atoms in total. The first-order valence-corrected chi connectivity index (χ1v) is 5.63. The Morgan fingerprint density at radius 2 is 2.41 bits per heavy atom. The summed E-state index contributed by atoms with van der Waals surface area (Å²) in [5.41, 5.74) is 0.255. The summed E-state index contributed by atoms with van der Waals surface area (Å²) in [4.78, 5) is 11.8. The highest BCUT2D eigenvalue weighted by Crippen LogP contribution is 2.22. The third-order valence-corrected chi connectivity index (χ3v) is 2.74. The number of morpholine rings is 1. The zero-order chi connectivity index (χ0) is 12.3. The number of amides is 1. The van der Waals surface area contributed by atoms with Gasteiger partial charge in [-0.05, 0) is 18.2 Å². The van der Waals surface area contributed by atoms with Crippen LogP contribution in [0.2, 0.25) is 5.02 Å². The van der Waals surface area contributed by atoms with Crippen LogP contribution in [0.4, 0.5) is 10.1 Å². The smallest absolute Gasteiger partial charge is 0.254 e. The molecule has 0 saturated carbocycles. The number of ether oxygens (including phenoxy) is 1. The van der Waals surface area contributed by atoms with Crippen LogP contribution in [0, 0.1) is 5.82 Å². The molecule has 1 aromatic rings. The van der Waals surface area contributed by atoms with Crippen molar-refractivity contribution in [3.05, 3.63) is 29.0 Å². The minimum atomic E-state index is -0.567. The molecule has 1 atom stereocenters. The second-order valence-corrected chi connectivity index (χ2v) is 4.08. The Hall–Kier alpha value is -1.17. The van der Waals surface area contributed by atoms with Gasteiger partial charge in [0.1, 0.15) is 11.9 Å². The maximum atomic E-state index is 13.0. The van der Waals surface area contributed by atoms with Gasteiger partial charge in [0, 0.05) is 13.1 Å². The Balaban J connectivity index is 2.04. The molecule has 0 radical (unpaired) electrons. The van der Waals surface area contributed by atoms with Crippen molar-refractivity contribution in [1.29, 1.82) is 0 Å². The zero-order valence-corrected chi connectivity index (χ0v) is 9.76. The number of anilines is 1. The molecular weight excluding hydrogens is 247 g/mol. The van der Waals surface area contributed by atoms with Crippen LogP contribution < -0.4 is 10.6 Å². The average Bonchev–Trinajstić information content (AvgIpc) is 2.35. The van der Waals surface area contributed by atoms with Crippen LogP contribution in [-0.2, 0) is 9.53 Å². The molecule has 1 unspecified atom stereocenters. The van der Waals surface area contributed by atoms with Crippen molar-refractivity contribution in [2.24, 2.45) is 0 Å². The number of benzene rings is 1. The van der Waals surface area contributed by atoms with Crippen molar-refractivity contribution < 1.29 is 13.9 Å². The van der Waals surface area contributed by atoms with Gasteiger partial charge < -0.3 is 15.4 Å². The first-order chi connectivity index (χ1) is 8.16. The van der Waals surface area contributed by atoms with Gasteiger partial charge >= 0.3 is 0 Å². The first-order valence-electron chi connectivity index (χ1n) is 5.25. The molecule has 17 heavy (non-hydrogen) atoms. The summed E-state index contributed by atoms with van der Waals surface area (Å²) < 4.78 is 18.3. The predicted molar refractivity (Wildman–Crippen MR) is 62.6 cm³/mol. The van der Waals surface area contributed by atoms with Crippen LogP contribution in [-0.4, -0.2) is 31.7 Å². The van der Waals surface area contributed by atoms with Crippen LogP contribution in [0.3, 0.4) is 0 Å². The van der Waals surface area contributed by atoms with Crippen molar-refractivity contribution in [2.75, 3.05) is 25.0 Å². The molecule has 0 aromatic heterocycles. The van der Waals surface area contributed by atoms with Crippen molar-refractivity contribution in [1.82, 2.24) is 5.32 Å². The van der Waals surface area contributed by atoms with Crippen LogP contribution >= 0.6 is 11.6 Å². The summed E-state index contributed by atoms with van der Waals surface area (Å²) in [7, 11) is 0. The van der Waals surface area contributed by atoms with Gasteiger partial charge in [-0.25, -0.2) is 4.39 Å². The SMILES string of the molecule is O=C(Nc1cc(F)ccc1Cl)C1CNCCO1. The maximum absolute atomic E-state index is 13.0. The molecule has 1 aliphatic rings. The summed E-state index contributed by atoms with van der Waals surface area (Å²) >= 11 is 5.84. The Kier molecular flexibility index (Phi) is 3.93. The molecule has 6 heteroatoms. The summed E-state index contributed by atoms with van der Waals surface area (Å²) in [5.74, 6) is -0.780. The number of nitrogens with one attached hydrogen (secondary N) is 2. The molecule has 0 bridgehead atoms. The molecule has 0 aliphatic carbocycles. The van der Waals surface area contributed by atoms with E-state index in [0.29, 0.717) is 18.2 Å². The van der Waals surface area contributed by atoms with Gasteiger partial charge in [0.15, 0.2) is 0 Å². The van der Waals surface area contributed by atoms with Gasteiger partial charge in [-0.2, -0.15) is 0 Å². The number of carbonyl (C=O) groups excluding carboxylic acids is 1. The van der Waals surface area contributed by atoms with Crippen LogP contribution in [0.15, 0.2) is 18.2 Å². The molecule has 92 valence electrons. The van der Waals surface area contributed by atoms with E-state index in [2.05, 4.69) is 10.6 Å². The fourth-order valence-corrected chi connectivity index (χ4v) is 1.71. The zero-order valence-electron chi connectivity index (χ0n) is 9.00. The van der Waals surface area contributed by atoms with E-state index in [9.17, 15) is 9.18 Å². The normalized spacial score (nSPS) is 20.0. The third-order valence-electron chi connectivity index (χ3n) is 2.41. The van der Waals surface area contributed by atoms with E-state index in [1.807, 2.05) is 0 Å². The van der Waals surface area contributed by atoms with Gasteiger partial charge in [-0.3, -0.25) is 4.79 Å². The van der Waals surface area contributed by atoms with Gasteiger partial charge in [0.2, 0.25) is 0 Å². The molecule has 0 spiro atoms. The maximum Gasteiger partial charge on any atom is 0.254 e. The standard InChI is InChI=1S/C11H12ClFN2O2/c12-8-2-1-7(13)5-9(8)15-11(16)10-6-14-3-4-17-10/h1-2,5,10,14H,3-4,6H2,(H,15,16). The summed E-state index contributed by atoms with van der Waals surface area (Å²) in [6.07, 6.45) is -0.567. The molecule has 1 amide bonds. The van der Waals surface area contributed by atoms with Crippen molar-refractivity contribution in [3.8, 4) is 0 Å². The van der Waals surface area contributed by atoms with E-state index in [1.54, 1.807) is 0 Å². The lowest BCUT2D eigenvalue weighted by Crippen LogP contribution is -2.45. The van der Waals surface area contributed by atoms with E-state index >= 15 is 0 Å². The predicted octanol–water partition coefficient (Wildman–Crippen LogP) is 1.41. The lowest BCUT2D eigenvalue weighted by Gasteiger charge is -2.22. The highest BCUT2D eigenvalue weighted by molar-refractivity contribution is 6.33. The average molecular weight is 259 g/mol. The lowest BCUT2D eigenvalue weighted by atomic mass is 10.2. The molecular formula is C11H12ClFN2O2. The quantitative estimate of drug-likeness (QED) is 0.843. The summed E-state index contributed by atoms with van der Waals surface area (Å²) in [6, 6.07) is 3.81. The Labute approximate surface area is 103 Å². The van der Waals surface area contributed by atoms with Crippen LogP contribution in [0.5, 0.6) is 0 Å². The van der Waals surface area contributed by atoms with Crippen molar-refractivity contribution in [2.45, 2.75) is 6.10 Å². The molecule has 2 rings (SSSR count). The number of carbonyl (C=O) groups is 1. The van der Waals surface area contributed by atoms with Crippen molar-refractivity contribution >= 4 is 23.2 Å². The molecule has 1 aliphatic heterocycles. The Bertz CT molecular complexity index is 422. The monoisotopic (exact) mass is 258 g/mol. The highest BCUT2D eigenvalue weighted by atomic mass is 35.5. The summed E-state index contributed by atoms with van der Waals surface area (Å²) in [5, 5.41) is 5.87. The van der Waals surface area contributed by atoms with Crippen LogP contribution in [0.25, 0.3) is 0 Å². The number of halogens is 2.